The zero-order chi connectivity index (χ0) is 15.4. The Morgan fingerprint density at radius 3 is 2.45 bits per heavy atom. The largest absolute Gasteiger partial charge is 0.381 e. The molecule has 3 aliphatic rings. The number of allylic oxidation sites excluding steroid dienone is 1. The molecule has 3 rings (SSSR count). The van der Waals surface area contributed by atoms with Crippen LogP contribution in [0.3, 0.4) is 0 Å². The van der Waals surface area contributed by atoms with Crippen LogP contribution in [0.5, 0.6) is 0 Å². The van der Waals surface area contributed by atoms with Crippen LogP contribution in [0.15, 0.2) is 11.6 Å². The van der Waals surface area contributed by atoms with Gasteiger partial charge in [-0.2, -0.15) is 0 Å². The standard InChI is InChI=1S/C19H33NO2/c1-15-4-3-5-16(2)19(15)14-20-10-6-17(7-11-20)22-18-8-12-21-13-9-18/h4,16-19H,3,5-14H2,1-2H3/t16-,19-/m1/s1. The summed E-state index contributed by atoms with van der Waals surface area (Å²) in [5.74, 6) is 1.63. The van der Waals surface area contributed by atoms with E-state index < -0.39 is 0 Å². The second kappa shape index (κ2) is 7.94. The number of hydrogen-bond donors (Lipinski definition) is 0. The molecule has 2 atom stereocenters. The summed E-state index contributed by atoms with van der Waals surface area (Å²) in [6.07, 6.45) is 10.6. The molecule has 0 N–H and O–H groups in total. The minimum atomic E-state index is 0.453. The second-order valence-electron chi connectivity index (χ2n) is 7.56. The van der Waals surface area contributed by atoms with Crippen molar-refractivity contribution in [1.29, 1.82) is 0 Å². The van der Waals surface area contributed by atoms with Crippen molar-refractivity contribution in [3.63, 3.8) is 0 Å². The van der Waals surface area contributed by atoms with E-state index in [1.165, 1.54) is 45.3 Å². The van der Waals surface area contributed by atoms with Crippen LogP contribution in [0.2, 0.25) is 0 Å². The van der Waals surface area contributed by atoms with Crippen LogP contribution in [0, 0.1) is 11.8 Å². The third-order valence-corrected chi connectivity index (χ3v) is 5.90. The summed E-state index contributed by atoms with van der Waals surface area (Å²) in [4.78, 5) is 2.67. The number of rotatable bonds is 4. The molecule has 0 saturated carbocycles. The summed E-state index contributed by atoms with van der Waals surface area (Å²) >= 11 is 0. The fraction of sp³-hybridized carbons (Fsp3) is 0.895. The Morgan fingerprint density at radius 1 is 1.09 bits per heavy atom. The Bertz CT molecular complexity index is 368. The Hall–Kier alpha value is -0.380. The van der Waals surface area contributed by atoms with Crippen LogP contribution in [0.25, 0.3) is 0 Å². The van der Waals surface area contributed by atoms with Crippen LogP contribution in [0.1, 0.15) is 52.4 Å². The van der Waals surface area contributed by atoms with Gasteiger partial charge in [-0.15, -0.1) is 0 Å². The summed E-state index contributed by atoms with van der Waals surface area (Å²) in [5, 5.41) is 0. The van der Waals surface area contributed by atoms with Crippen LogP contribution in [0.4, 0.5) is 0 Å². The first-order chi connectivity index (χ1) is 10.7. The van der Waals surface area contributed by atoms with Crippen molar-refractivity contribution >= 4 is 0 Å². The second-order valence-corrected chi connectivity index (χ2v) is 7.56. The van der Waals surface area contributed by atoms with E-state index in [9.17, 15) is 0 Å². The molecular formula is C19H33NO2. The highest BCUT2D eigenvalue weighted by molar-refractivity contribution is 5.09. The van der Waals surface area contributed by atoms with Gasteiger partial charge in [0.15, 0.2) is 0 Å². The van der Waals surface area contributed by atoms with Gasteiger partial charge in [0, 0.05) is 32.8 Å². The molecule has 0 spiro atoms. The first-order valence-electron chi connectivity index (χ1n) is 9.34. The van der Waals surface area contributed by atoms with E-state index in [2.05, 4.69) is 24.8 Å². The van der Waals surface area contributed by atoms with Gasteiger partial charge in [0.25, 0.3) is 0 Å². The highest BCUT2D eigenvalue weighted by Gasteiger charge is 2.28. The first kappa shape index (κ1) is 16.5. The molecule has 0 amide bonds. The molecule has 0 bridgehead atoms. The fourth-order valence-electron chi connectivity index (χ4n) is 4.29. The molecule has 0 unspecified atom stereocenters. The maximum Gasteiger partial charge on any atom is 0.0622 e. The van der Waals surface area contributed by atoms with Crippen LogP contribution < -0.4 is 0 Å². The van der Waals surface area contributed by atoms with E-state index in [1.807, 2.05) is 0 Å². The van der Waals surface area contributed by atoms with Gasteiger partial charge in [-0.3, -0.25) is 0 Å². The lowest BCUT2D eigenvalue weighted by Gasteiger charge is -2.38. The summed E-state index contributed by atoms with van der Waals surface area (Å²) in [5.41, 5.74) is 1.62. The Balaban J connectivity index is 1.41. The third kappa shape index (κ3) is 4.33. The maximum atomic E-state index is 6.29. The smallest absolute Gasteiger partial charge is 0.0622 e. The van der Waals surface area contributed by atoms with Gasteiger partial charge in [-0.05, 0) is 57.3 Å². The fourth-order valence-corrected chi connectivity index (χ4v) is 4.29. The van der Waals surface area contributed by atoms with Gasteiger partial charge < -0.3 is 14.4 Å². The van der Waals surface area contributed by atoms with Crippen molar-refractivity contribution in [2.75, 3.05) is 32.8 Å². The minimum Gasteiger partial charge on any atom is -0.381 e. The van der Waals surface area contributed by atoms with Crippen LogP contribution >= 0.6 is 0 Å². The quantitative estimate of drug-likeness (QED) is 0.740. The van der Waals surface area contributed by atoms with E-state index in [4.69, 9.17) is 9.47 Å². The number of hydrogen-bond acceptors (Lipinski definition) is 3. The van der Waals surface area contributed by atoms with Gasteiger partial charge >= 0.3 is 0 Å². The monoisotopic (exact) mass is 307 g/mol. The summed E-state index contributed by atoms with van der Waals surface area (Å²) in [6.45, 7) is 10.2. The van der Waals surface area contributed by atoms with Gasteiger partial charge in [-0.25, -0.2) is 0 Å². The number of nitrogens with zero attached hydrogens (tertiary/aromatic N) is 1. The van der Waals surface area contributed by atoms with Crippen molar-refractivity contribution in [2.24, 2.45) is 11.8 Å². The predicted octanol–water partition coefficient (Wildman–Crippen LogP) is 3.64. The number of likely N-dealkylation sites (tertiary alicyclic amines) is 1. The van der Waals surface area contributed by atoms with Crippen molar-refractivity contribution in [3.05, 3.63) is 11.6 Å². The van der Waals surface area contributed by atoms with Crippen molar-refractivity contribution in [2.45, 2.75) is 64.6 Å². The summed E-state index contributed by atoms with van der Waals surface area (Å²) < 4.78 is 11.7. The molecule has 2 aliphatic heterocycles. The molecule has 0 radical (unpaired) electrons. The lowest BCUT2D eigenvalue weighted by atomic mass is 9.79. The maximum absolute atomic E-state index is 6.29. The van der Waals surface area contributed by atoms with Crippen LogP contribution in [-0.4, -0.2) is 50.0 Å². The molecule has 0 aromatic rings. The Kier molecular flexibility index (Phi) is 5.95. The van der Waals surface area contributed by atoms with Gasteiger partial charge in [0.1, 0.15) is 0 Å². The molecule has 2 heterocycles. The molecule has 2 fully saturated rings. The van der Waals surface area contributed by atoms with Crippen molar-refractivity contribution < 1.29 is 9.47 Å². The third-order valence-electron chi connectivity index (χ3n) is 5.90. The molecule has 22 heavy (non-hydrogen) atoms. The molecule has 0 aromatic heterocycles. The van der Waals surface area contributed by atoms with E-state index in [1.54, 1.807) is 5.57 Å². The molecule has 0 aromatic carbocycles. The summed E-state index contributed by atoms with van der Waals surface area (Å²) in [7, 11) is 0. The van der Waals surface area contributed by atoms with E-state index in [-0.39, 0.29) is 0 Å². The van der Waals surface area contributed by atoms with Gasteiger partial charge in [0.05, 0.1) is 12.2 Å². The lowest BCUT2D eigenvalue weighted by molar-refractivity contribution is -0.0854. The SMILES string of the molecule is CC1=CCC[C@@H](C)[C@@H]1CN1CCC(OC2CCOCC2)CC1. The highest BCUT2D eigenvalue weighted by Crippen LogP contribution is 2.31. The van der Waals surface area contributed by atoms with Crippen molar-refractivity contribution in [3.8, 4) is 0 Å². The average molecular weight is 307 g/mol. The zero-order valence-corrected chi connectivity index (χ0v) is 14.4. The average Bonchev–Trinajstić information content (AvgIpc) is 2.54. The zero-order valence-electron chi connectivity index (χ0n) is 14.4. The number of piperidine rings is 1. The molecule has 3 nitrogen and oxygen atoms in total. The number of ether oxygens (including phenoxy) is 2. The van der Waals surface area contributed by atoms with Crippen LogP contribution in [-0.2, 0) is 9.47 Å². The van der Waals surface area contributed by atoms with E-state index >= 15 is 0 Å². The molecule has 3 heteroatoms. The Labute approximate surface area is 136 Å². The lowest BCUT2D eigenvalue weighted by Crippen LogP contribution is -2.42. The minimum absolute atomic E-state index is 0.453. The normalized spacial score (nSPS) is 32.9. The van der Waals surface area contributed by atoms with Gasteiger partial charge in [-0.1, -0.05) is 18.6 Å². The summed E-state index contributed by atoms with van der Waals surface area (Å²) in [6, 6.07) is 0. The first-order valence-corrected chi connectivity index (χ1v) is 9.34. The predicted molar refractivity (Wildman–Crippen MR) is 90.0 cm³/mol. The van der Waals surface area contributed by atoms with E-state index in [0.717, 1.165) is 37.9 Å². The van der Waals surface area contributed by atoms with Gasteiger partial charge in [0.2, 0.25) is 0 Å². The Morgan fingerprint density at radius 2 is 1.77 bits per heavy atom. The molecule has 126 valence electrons. The topological polar surface area (TPSA) is 21.7 Å². The molecule has 2 saturated heterocycles. The van der Waals surface area contributed by atoms with Crippen molar-refractivity contribution in [1.82, 2.24) is 4.90 Å². The highest BCUT2D eigenvalue weighted by atomic mass is 16.5. The van der Waals surface area contributed by atoms with E-state index in [0.29, 0.717) is 12.2 Å². The molecule has 1 aliphatic carbocycles. The molecular weight excluding hydrogens is 274 g/mol.